The molecule has 2 aromatic rings. The molecule has 3 rings (SSSR count). The van der Waals surface area contributed by atoms with Crippen LogP contribution in [0.3, 0.4) is 0 Å². The third-order valence-electron chi connectivity index (χ3n) is 5.16. The molecule has 1 fully saturated rings. The van der Waals surface area contributed by atoms with Gasteiger partial charge in [0, 0.05) is 28.0 Å². The molecule has 1 aliphatic rings. The smallest absolute Gasteiger partial charge is 0.251 e. The molecule has 0 radical (unpaired) electrons. The average molecular weight is 382 g/mol. The van der Waals surface area contributed by atoms with Gasteiger partial charge in [-0.05, 0) is 43.9 Å². The van der Waals surface area contributed by atoms with Crippen LogP contribution in [0.4, 0.5) is 0 Å². The zero-order chi connectivity index (χ0) is 19.7. The Kier molecular flexibility index (Phi) is 5.50. The molecule has 0 spiro atoms. The van der Waals surface area contributed by atoms with Gasteiger partial charge in [0.05, 0.1) is 6.10 Å². The van der Waals surface area contributed by atoms with Crippen LogP contribution in [0.5, 0.6) is 0 Å². The molecule has 0 saturated carbocycles. The van der Waals surface area contributed by atoms with Crippen LogP contribution >= 0.6 is 11.8 Å². The van der Waals surface area contributed by atoms with Gasteiger partial charge in [-0.1, -0.05) is 67.2 Å². The molecule has 1 N–H and O–H groups in total. The minimum atomic E-state index is -0.752. The summed E-state index contributed by atoms with van der Waals surface area (Å²) in [5.41, 5.74) is 0.525. The number of hydrogen-bond donors (Lipinski definition) is 1. The van der Waals surface area contributed by atoms with Crippen molar-refractivity contribution in [3.05, 3.63) is 77.2 Å². The van der Waals surface area contributed by atoms with E-state index < -0.39 is 11.5 Å². The summed E-state index contributed by atoms with van der Waals surface area (Å²) in [5.74, 6) is 0.00316. The number of carbonyl (C=O) groups is 1. The fraction of sp³-hybridized carbons (Fsp3) is 0.348. The van der Waals surface area contributed by atoms with E-state index in [4.69, 9.17) is 0 Å². The lowest BCUT2D eigenvalue weighted by atomic mass is 9.77. The maximum atomic E-state index is 13.3. The van der Waals surface area contributed by atoms with Crippen molar-refractivity contribution in [3.63, 3.8) is 0 Å². The molecule has 0 aliphatic carbocycles. The lowest BCUT2D eigenvalue weighted by Crippen LogP contribution is -2.43. The van der Waals surface area contributed by atoms with Crippen molar-refractivity contribution in [2.45, 2.75) is 44.2 Å². The molecule has 0 bridgehead atoms. The van der Waals surface area contributed by atoms with Crippen LogP contribution in [0.1, 0.15) is 39.4 Å². The van der Waals surface area contributed by atoms with E-state index >= 15 is 0 Å². The van der Waals surface area contributed by atoms with Gasteiger partial charge in [-0.2, -0.15) is 0 Å². The van der Waals surface area contributed by atoms with E-state index in [9.17, 15) is 9.90 Å². The van der Waals surface area contributed by atoms with E-state index in [0.717, 1.165) is 10.5 Å². The molecular weight excluding hydrogens is 354 g/mol. The molecule has 142 valence electrons. The zero-order valence-electron chi connectivity index (χ0n) is 16.3. The summed E-state index contributed by atoms with van der Waals surface area (Å²) in [6.07, 6.45) is -0.752. The van der Waals surface area contributed by atoms with Crippen molar-refractivity contribution in [1.82, 2.24) is 4.90 Å². The largest absolute Gasteiger partial charge is 0.387 e. The monoisotopic (exact) mass is 381 g/mol. The molecule has 2 aromatic carbocycles. The molecule has 1 aliphatic heterocycles. The highest BCUT2D eigenvalue weighted by atomic mass is 32.2. The van der Waals surface area contributed by atoms with Gasteiger partial charge >= 0.3 is 0 Å². The first kappa shape index (κ1) is 19.7. The van der Waals surface area contributed by atoms with Gasteiger partial charge in [0.2, 0.25) is 0 Å². The lowest BCUT2D eigenvalue weighted by molar-refractivity contribution is -0.128. The van der Waals surface area contributed by atoms with Crippen LogP contribution in [-0.2, 0) is 4.79 Å². The number of hydrogen-bond acceptors (Lipinski definition) is 3. The second-order valence-electron chi connectivity index (χ2n) is 8.26. The third kappa shape index (κ3) is 3.97. The van der Waals surface area contributed by atoms with E-state index in [1.807, 2.05) is 98.7 Å². The molecule has 4 heteroatoms. The molecule has 27 heavy (non-hydrogen) atoms. The number of aliphatic hydroxyl groups excluding tert-OH is 1. The van der Waals surface area contributed by atoms with E-state index in [2.05, 4.69) is 0 Å². The Morgan fingerprint density at radius 2 is 1.63 bits per heavy atom. The Bertz CT molecular complexity index is 826. The molecular formula is C23H27NO2S. The van der Waals surface area contributed by atoms with Crippen molar-refractivity contribution >= 4 is 17.7 Å². The Morgan fingerprint density at radius 3 is 2.19 bits per heavy atom. The summed E-state index contributed by atoms with van der Waals surface area (Å²) < 4.78 is 0. The highest BCUT2D eigenvalue weighted by molar-refractivity contribution is 8.02. The average Bonchev–Trinajstić information content (AvgIpc) is 2.93. The van der Waals surface area contributed by atoms with E-state index in [-0.39, 0.29) is 11.4 Å². The SMILES string of the molecule is CC1(C(O)c2ccccc2)CN(C(C)(C)C)C(=O)C1=CSc1ccccc1. The van der Waals surface area contributed by atoms with E-state index in [1.165, 1.54) is 11.8 Å². The predicted octanol–water partition coefficient (Wildman–Crippen LogP) is 5.04. The first-order chi connectivity index (χ1) is 12.7. The second kappa shape index (κ2) is 7.53. The minimum Gasteiger partial charge on any atom is -0.387 e. The normalized spacial score (nSPS) is 23.1. The van der Waals surface area contributed by atoms with Gasteiger partial charge in [0.15, 0.2) is 0 Å². The summed E-state index contributed by atoms with van der Waals surface area (Å²) in [5, 5.41) is 13.1. The Morgan fingerprint density at radius 1 is 1.07 bits per heavy atom. The van der Waals surface area contributed by atoms with Crippen LogP contribution in [0.2, 0.25) is 0 Å². The fourth-order valence-electron chi connectivity index (χ4n) is 3.46. The maximum absolute atomic E-state index is 13.3. The first-order valence-corrected chi connectivity index (χ1v) is 10.1. The number of thioether (sulfide) groups is 1. The molecule has 0 aromatic heterocycles. The molecule has 2 unspecified atom stereocenters. The van der Waals surface area contributed by atoms with Gasteiger partial charge in [0.1, 0.15) is 0 Å². The molecule has 1 saturated heterocycles. The van der Waals surface area contributed by atoms with Crippen molar-refractivity contribution in [2.24, 2.45) is 5.41 Å². The summed E-state index contributed by atoms with van der Waals surface area (Å²) in [4.78, 5) is 16.2. The quantitative estimate of drug-likeness (QED) is 0.595. The number of carbonyl (C=O) groups excluding carboxylic acids is 1. The zero-order valence-corrected chi connectivity index (χ0v) is 17.2. The molecule has 3 nitrogen and oxygen atoms in total. The molecule has 1 amide bonds. The standard InChI is InChI=1S/C23H27NO2S/c1-22(2,3)24-16-23(4,20(25)17-11-7-5-8-12-17)19(21(24)26)15-27-18-13-9-6-10-14-18/h5-15,20,25H,16H2,1-4H3. The Balaban J connectivity index is 2.01. The summed E-state index contributed by atoms with van der Waals surface area (Å²) >= 11 is 1.53. The summed E-state index contributed by atoms with van der Waals surface area (Å²) in [7, 11) is 0. The van der Waals surface area contributed by atoms with Crippen LogP contribution < -0.4 is 0 Å². The molecule has 1 heterocycles. The van der Waals surface area contributed by atoms with Gasteiger partial charge in [-0.15, -0.1) is 0 Å². The number of aliphatic hydroxyl groups is 1. The first-order valence-electron chi connectivity index (χ1n) is 9.21. The summed E-state index contributed by atoms with van der Waals surface area (Å²) in [6, 6.07) is 19.6. The number of likely N-dealkylation sites (tertiary alicyclic amines) is 1. The number of rotatable bonds is 4. The van der Waals surface area contributed by atoms with Crippen molar-refractivity contribution in [3.8, 4) is 0 Å². The highest BCUT2D eigenvalue weighted by Gasteiger charge is 2.52. The summed E-state index contributed by atoms with van der Waals surface area (Å²) in [6.45, 7) is 8.59. The lowest BCUT2D eigenvalue weighted by Gasteiger charge is -2.35. The van der Waals surface area contributed by atoms with Crippen molar-refractivity contribution < 1.29 is 9.90 Å². The third-order valence-corrected chi connectivity index (χ3v) is 6.06. The Labute approximate surface area is 166 Å². The number of benzene rings is 2. The fourth-order valence-corrected chi connectivity index (χ4v) is 4.40. The molecule has 2 atom stereocenters. The minimum absolute atomic E-state index is 0.00316. The van der Waals surface area contributed by atoms with Crippen LogP contribution in [0.15, 0.2) is 76.5 Å². The van der Waals surface area contributed by atoms with Crippen LogP contribution in [0, 0.1) is 5.41 Å². The van der Waals surface area contributed by atoms with Gasteiger partial charge in [-0.25, -0.2) is 0 Å². The van der Waals surface area contributed by atoms with Crippen molar-refractivity contribution in [2.75, 3.05) is 6.54 Å². The van der Waals surface area contributed by atoms with E-state index in [1.54, 1.807) is 0 Å². The van der Waals surface area contributed by atoms with Crippen LogP contribution in [0.25, 0.3) is 0 Å². The number of nitrogens with zero attached hydrogens (tertiary/aromatic N) is 1. The number of amides is 1. The predicted molar refractivity (Wildman–Crippen MR) is 111 cm³/mol. The van der Waals surface area contributed by atoms with Gasteiger partial charge < -0.3 is 10.0 Å². The Hall–Kier alpha value is -2.04. The van der Waals surface area contributed by atoms with Crippen LogP contribution in [-0.4, -0.2) is 28.0 Å². The van der Waals surface area contributed by atoms with Crippen molar-refractivity contribution in [1.29, 1.82) is 0 Å². The maximum Gasteiger partial charge on any atom is 0.251 e. The second-order valence-corrected chi connectivity index (χ2v) is 9.20. The topological polar surface area (TPSA) is 40.5 Å². The highest BCUT2D eigenvalue weighted by Crippen LogP contribution is 2.48. The van der Waals surface area contributed by atoms with Gasteiger partial charge in [0.25, 0.3) is 5.91 Å². The van der Waals surface area contributed by atoms with E-state index in [0.29, 0.717) is 12.1 Å². The van der Waals surface area contributed by atoms with Gasteiger partial charge in [-0.3, -0.25) is 4.79 Å².